The van der Waals surface area contributed by atoms with Gasteiger partial charge in [-0.25, -0.2) is 0 Å². The molecule has 0 bridgehead atoms. The number of ether oxygens (including phenoxy) is 2. The molecule has 0 aliphatic carbocycles. The van der Waals surface area contributed by atoms with Crippen LogP contribution in [-0.4, -0.2) is 28.3 Å². The Morgan fingerprint density at radius 1 is 1.21 bits per heavy atom. The van der Waals surface area contributed by atoms with Crippen LogP contribution in [0.2, 0.25) is 0 Å². The zero-order valence-electron chi connectivity index (χ0n) is 11.1. The van der Waals surface area contributed by atoms with Gasteiger partial charge in [0.2, 0.25) is 6.29 Å². The lowest BCUT2D eigenvalue weighted by Crippen LogP contribution is -2.09. The summed E-state index contributed by atoms with van der Waals surface area (Å²) < 4.78 is 16.0. The van der Waals surface area contributed by atoms with Gasteiger partial charge in [0.25, 0.3) is 5.89 Å². The van der Waals surface area contributed by atoms with E-state index in [1.807, 2.05) is 32.0 Å². The van der Waals surface area contributed by atoms with Crippen LogP contribution >= 0.6 is 0 Å². The van der Waals surface area contributed by atoms with Crippen molar-refractivity contribution in [3.63, 3.8) is 0 Å². The third-order valence-electron chi connectivity index (χ3n) is 2.39. The summed E-state index contributed by atoms with van der Waals surface area (Å²) in [5.41, 5.74) is 0.888. The maximum atomic E-state index is 5.40. The first-order valence-corrected chi connectivity index (χ1v) is 6.29. The van der Waals surface area contributed by atoms with Gasteiger partial charge in [0.15, 0.2) is 5.82 Å². The molecule has 0 fully saturated rings. The van der Waals surface area contributed by atoms with E-state index in [-0.39, 0.29) is 0 Å². The third kappa shape index (κ3) is 3.84. The fourth-order valence-corrected chi connectivity index (χ4v) is 1.59. The van der Waals surface area contributed by atoms with Crippen molar-refractivity contribution in [1.82, 2.24) is 15.1 Å². The van der Waals surface area contributed by atoms with E-state index in [1.54, 1.807) is 6.20 Å². The van der Waals surface area contributed by atoms with Crippen LogP contribution in [0, 0.1) is 0 Å². The van der Waals surface area contributed by atoms with Gasteiger partial charge in [-0.1, -0.05) is 11.2 Å². The highest BCUT2D eigenvalue weighted by Gasteiger charge is 2.19. The van der Waals surface area contributed by atoms with Crippen LogP contribution in [0.4, 0.5) is 0 Å². The molecule has 2 rings (SSSR count). The Hall–Kier alpha value is -1.79. The van der Waals surface area contributed by atoms with E-state index >= 15 is 0 Å². The maximum absolute atomic E-state index is 5.40. The smallest absolute Gasteiger partial charge is 0.283 e. The van der Waals surface area contributed by atoms with Crippen molar-refractivity contribution >= 4 is 0 Å². The van der Waals surface area contributed by atoms with Gasteiger partial charge in [-0.2, -0.15) is 4.98 Å². The van der Waals surface area contributed by atoms with Gasteiger partial charge in [-0.3, -0.25) is 4.98 Å². The average molecular weight is 263 g/mol. The van der Waals surface area contributed by atoms with Crippen molar-refractivity contribution in [1.29, 1.82) is 0 Å². The normalized spacial score (nSPS) is 11.1. The van der Waals surface area contributed by atoms with Gasteiger partial charge < -0.3 is 14.0 Å². The molecular formula is C13H17N3O3. The summed E-state index contributed by atoms with van der Waals surface area (Å²) in [5, 5.41) is 3.91. The lowest BCUT2D eigenvalue weighted by Gasteiger charge is -2.11. The van der Waals surface area contributed by atoms with Gasteiger partial charge in [0, 0.05) is 25.1 Å². The molecule has 0 N–H and O–H groups in total. The van der Waals surface area contributed by atoms with Gasteiger partial charge >= 0.3 is 0 Å². The molecule has 0 radical (unpaired) electrons. The molecule has 0 aromatic carbocycles. The van der Waals surface area contributed by atoms with Crippen LogP contribution in [0.5, 0.6) is 0 Å². The summed E-state index contributed by atoms with van der Waals surface area (Å²) in [7, 11) is 0. The van der Waals surface area contributed by atoms with Gasteiger partial charge in [-0.05, 0) is 26.0 Å². The standard InChI is InChI=1S/C13H17N3O3/c1-3-17-13(18-4-2)12-15-11(16-19-12)9-10-7-5-6-8-14-10/h5-8,13H,3-4,9H2,1-2H3. The molecule has 0 saturated carbocycles. The number of hydrogen-bond acceptors (Lipinski definition) is 6. The second-order valence-corrected chi connectivity index (χ2v) is 3.79. The minimum atomic E-state index is -0.597. The van der Waals surface area contributed by atoms with Crippen LogP contribution in [0.3, 0.4) is 0 Å². The molecular weight excluding hydrogens is 246 g/mol. The average Bonchev–Trinajstić information content (AvgIpc) is 2.88. The zero-order valence-corrected chi connectivity index (χ0v) is 11.1. The van der Waals surface area contributed by atoms with E-state index < -0.39 is 6.29 Å². The molecule has 0 aliphatic heterocycles. The molecule has 0 amide bonds. The molecule has 2 heterocycles. The van der Waals surface area contributed by atoms with Crippen molar-refractivity contribution in [3.05, 3.63) is 41.8 Å². The summed E-state index contributed by atoms with van der Waals surface area (Å²) in [6, 6.07) is 5.70. The minimum Gasteiger partial charge on any atom is -0.345 e. The van der Waals surface area contributed by atoms with E-state index in [1.165, 1.54) is 0 Å². The Balaban J connectivity index is 2.05. The molecule has 0 aliphatic rings. The van der Waals surface area contributed by atoms with Crippen molar-refractivity contribution in [2.24, 2.45) is 0 Å². The number of pyridine rings is 1. The summed E-state index contributed by atoms with van der Waals surface area (Å²) in [4.78, 5) is 8.49. The topological polar surface area (TPSA) is 70.3 Å². The van der Waals surface area contributed by atoms with Crippen molar-refractivity contribution in [2.45, 2.75) is 26.6 Å². The van der Waals surface area contributed by atoms with Crippen LogP contribution in [0.15, 0.2) is 28.9 Å². The predicted octanol–water partition coefficient (Wildman–Crippen LogP) is 2.13. The second kappa shape index (κ2) is 6.96. The second-order valence-electron chi connectivity index (χ2n) is 3.79. The van der Waals surface area contributed by atoms with Crippen LogP contribution in [0.25, 0.3) is 0 Å². The Morgan fingerprint density at radius 2 is 2.00 bits per heavy atom. The molecule has 6 heteroatoms. The SMILES string of the molecule is CCOC(OCC)c1nc(Cc2ccccn2)no1. The summed E-state index contributed by atoms with van der Waals surface area (Å²) in [5.74, 6) is 0.910. The highest BCUT2D eigenvalue weighted by molar-refractivity contribution is 5.09. The van der Waals surface area contributed by atoms with E-state index in [0.717, 1.165) is 5.69 Å². The number of rotatable bonds is 7. The van der Waals surface area contributed by atoms with Gasteiger partial charge in [0.05, 0.1) is 6.42 Å². The van der Waals surface area contributed by atoms with Gasteiger partial charge in [-0.15, -0.1) is 0 Å². The molecule has 0 atom stereocenters. The largest absolute Gasteiger partial charge is 0.345 e. The monoisotopic (exact) mass is 263 g/mol. The lowest BCUT2D eigenvalue weighted by molar-refractivity contribution is -0.155. The van der Waals surface area contributed by atoms with E-state index in [4.69, 9.17) is 14.0 Å². The Bertz CT molecular complexity index is 481. The first kappa shape index (κ1) is 13.6. The fraction of sp³-hybridized carbons (Fsp3) is 0.462. The maximum Gasteiger partial charge on any atom is 0.283 e. The summed E-state index contributed by atoms with van der Waals surface area (Å²) >= 11 is 0. The van der Waals surface area contributed by atoms with Crippen LogP contribution in [-0.2, 0) is 15.9 Å². The van der Waals surface area contributed by atoms with Crippen molar-refractivity contribution in [2.75, 3.05) is 13.2 Å². The van der Waals surface area contributed by atoms with Gasteiger partial charge in [0.1, 0.15) is 0 Å². The van der Waals surface area contributed by atoms with Crippen molar-refractivity contribution in [3.8, 4) is 0 Å². The number of nitrogens with zero attached hydrogens (tertiary/aromatic N) is 3. The van der Waals surface area contributed by atoms with E-state index in [9.17, 15) is 0 Å². The predicted molar refractivity (Wildman–Crippen MR) is 67.3 cm³/mol. The Morgan fingerprint density at radius 3 is 2.63 bits per heavy atom. The Labute approximate surface area is 111 Å². The molecule has 2 aromatic rings. The molecule has 102 valence electrons. The summed E-state index contributed by atoms with van der Waals surface area (Å²) in [6.07, 6.45) is 1.66. The molecule has 2 aromatic heterocycles. The molecule has 0 saturated heterocycles. The van der Waals surface area contributed by atoms with Crippen LogP contribution < -0.4 is 0 Å². The first-order valence-electron chi connectivity index (χ1n) is 6.29. The lowest BCUT2D eigenvalue weighted by atomic mass is 10.2. The molecule has 19 heavy (non-hydrogen) atoms. The molecule has 0 unspecified atom stereocenters. The molecule has 6 nitrogen and oxygen atoms in total. The number of hydrogen-bond donors (Lipinski definition) is 0. The zero-order chi connectivity index (χ0) is 13.5. The fourth-order valence-electron chi connectivity index (χ4n) is 1.59. The first-order chi connectivity index (χ1) is 9.33. The quantitative estimate of drug-likeness (QED) is 0.713. The Kier molecular flexibility index (Phi) is 5.00. The van der Waals surface area contributed by atoms with Crippen LogP contribution in [0.1, 0.15) is 37.5 Å². The number of aromatic nitrogens is 3. The summed E-state index contributed by atoms with van der Waals surface area (Å²) in [6.45, 7) is 4.81. The highest BCUT2D eigenvalue weighted by atomic mass is 16.7. The molecule has 0 spiro atoms. The highest BCUT2D eigenvalue weighted by Crippen LogP contribution is 2.17. The van der Waals surface area contributed by atoms with E-state index in [0.29, 0.717) is 31.3 Å². The third-order valence-corrected chi connectivity index (χ3v) is 2.39. The minimum absolute atomic E-state index is 0.342. The van der Waals surface area contributed by atoms with Crippen molar-refractivity contribution < 1.29 is 14.0 Å². The van der Waals surface area contributed by atoms with E-state index in [2.05, 4.69) is 15.1 Å².